The third-order valence-electron chi connectivity index (χ3n) is 3.10. The van der Waals surface area contributed by atoms with Gasteiger partial charge in [0.05, 0.1) is 12.2 Å². The highest BCUT2D eigenvalue weighted by Crippen LogP contribution is 2.21. The highest BCUT2D eigenvalue weighted by molar-refractivity contribution is 7.13. The molecule has 2 rings (SSSR count). The van der Waals surface area contributed by atoms with E-state index in [1.807, 2.05) is 22.5 Å². The van der Waals surface area contributed by atoms with E-state index in [-0.39, 0.29) is 6.54 Å². The Morgan fingerprint density at radius 3 is 2.57 bits per heavy atom. The van der Waals surface area contributed by atoms with Gasteiger partial charge in [-0.1, -0.05) is 0 Å². The minimum absolute atomic E-state index is 0.000810. The van der Waals surface area contributed by atoms with E-state index in [0.29, 0.717) is 13.1 Å². The highest BCUT2D eigenvalue weighted by Gasteiger charge is 2.28. The predicted molar refractivity (Wildman–Crippen MR) is 74.6 cm³/mol. The van der Waals surface area contributed by atoms with Gasteiger partial charge in [-0.3, -0.25) is 9.69 Å². The van der Waals surface area contributed by atoms with Crippen molar-refractivity contribution in [3.8, 4) is 0 Å². The Labute approximate surface area is 124 Å². The van der Waals surface area contributed by atoms with Gasteiger partial charge in [0.25, 0.3) is 0 Å². The number of amides is 1. The summed E-state index contributed by atoms with van der Waals surface area (Å²) in [5.41, 5.74) is 0.976. The first-order valence-electron chi connectivity index (χ1n) is 6.56. The molecular weight excluding hydrogens is 305 g/mol. The number of hydrogen-bond acceptors (Lipinski definition) is 5. The van der Waals surface area contributed by atoms with Crippen molar-refractivity contribution in [1.82, 2.24) is 15.2 Å². The van der Waals surface area contributed by atoms with Gasteiger partial charge < -0.3 is 10.2 Å². The number of carbonyl (C=O) groups excluding carboxylic acids is 1. The van der Waals surface area contributed by atoms with Crippen LogP contribution in [0.15, 0.2) is 5.38 Å². The third-order valence-corrected chi connectivity index (χ3v) is 4.12. The summed E-state index contributed by atoms with van der Waals surface area (Å²) in [4.78, 5) is 19.8. The number of alkyl halides is 3. The topological polar surface area (TPSA) is 48.5 Å². The van der Waals surface area contributed by atoms with E-state index >= 15 is 0 Å². The lowest BCUT2D eigenvalue weighted by atomic mass is 10.3. The summed E-state index contributed by atoms with van der Waals surface area (Å²) < 4.78 is 36.0. The second-order valence-electron chi connectivity index (χ2n) is 4.93. The van der Waals surface area contributed by atoms with Gasteiger partial charge in [0, 0.05) is 31.6 Å². The summed E-state index contributed by atoms with van der Waals surface area (Å²) >= 11 is 1.57. The largest absolute Gasteiger partial charge is 0.405 e. The molecule has 1 aliphatic heterocycles. The molecule has 1 fully saturated rings. The zero-order valence-electron chi connectivity index (χ0n) is 11.6. The number of halogens is 3. The molecule has 0 spiro atoms. The van der Waals surface area contributed by atoms with Gasteiger partial charge in [0.15, 0.2) is 5.13 Å². The monoisotopic (exact) mass is 322 g/mol. The zero-order valence-corrected chi connectivity index (χ0v) is 12.4. The molecule has 0 radical (unpaired) electrons. The van der Waals surface area contributed by atoms with E-state index in [9.17, 15) is 18.0 Å². The van der Waals surface area contributed by atoms with E-state index < -0.39 is 18.6 Å². The Morgan fingerprint density at radius 2 is 2.05 bits per heavy atom. The van der Waals surface area contributed by atoms with Gasteiger partial charge in [-0.25, -0.2) is 4.98 Å². The molecule has 2 heterocycles. The maximum absolute atomic E-state index is 12.0. The Balaban J connectivity index is 1.73. The fraction of sp³-hybridized carbons (Fsp3) is 0.667. The van der Waals surface area contributed by atoms with Crippen LogP contribution in [0.1, 0.15) is 5.69 Å². The van der Waals surface area contributed by atoms with E-state index in [2.05, 4.69) is 9.88 Å². The van der Waals surface area contributed by atoms with Gasteiger partial charge in [0.1, 0.15) is 6.54 Å². The fourth-order valence-corrected chi connectivity index (χ4v) is 2.90. The van der Waals surface area contributed by atoms with Crippen LogP contribution in [-0.2, 0) is 4.79 Å². The standard InChI is InChI=1S/C12H17F3N4OS/c1-9-7-21-11(17-9)19-4-2-18(3-5-19)6-10(20)16-8-12(13,14)15/h7H,2-6,8H2,1H3,(H,16,20). The van der Waals surface area contributed by atoms with Gasteiger partial charge in [-0.2, -0.15) is 13.2 Å². The number of anilines is 1. The van der Waals surface area contributed by atoms with E-state index in [0.717, 1.165) is 23.9 Å². The summed E-state index contributed by atoms with van der Waals surface area (Å²) in [5, 5.41) is 4.82. The first-order chi connectivity index (χ1) is 9.83. The lowest BCUT2D eigenvalue weighted by Gasteiger charge is -2.34. The molecule has 1 aromatic heterocycles. The molecular formula is C12H17F3N4OS. The molecule has 1 N–H and O–H groups in total. The summed E-state index contributed by atoms with van der Waals surface area (Å²) in [5.74, 6) is -0.592. The summed E-state index contributed by atoms with van der Waals surface area (Å²) in [6.45, 7) is 3.38. The molecule has 0 bridgehead atoms. The molecule has 1 aliphatic rings. The maximum Gasteiger partial charge on any atom is 0.405 e. The molecule has 21 heavy (non-hydrogen) atoms. The van der Waals surface area contributed by atoms with Crippen molar-refractivity contribution in [3.63, 3.8) is 0 Å². The zero-order chi connectivity index (χ0) is 15.5. The molecule has 1 amide bonds. The van der Waals surface area contributed by atoms with E-state index in [1.54, 1.807) is 11.3 Å². The lowest BCUT2D eigenvalue weighted by Crippen LogP contribution is -2.50. The molecule has 1 aromatic rings. The highest BCUT2D eigenvalue weighted by atomic mass is 32.1. The van der Waals surface area contributed by atoms with Crippen molar-refractivity contribution in [3.05, 3.63) is 11.1 Å². The van der Waals surface area contributed by atoms with E-state index in [4.69, 9.17) is 0 Å². The number of aryl methyl sites for hydroxylation is 1. The minimum Gasteiger partial charge on any atom is -0.346 e. The number of nitrogens with zero attached hydrogens (tertiary/aromatic N) is 3. The SMILES string of the molecule is Cc1csc(N2CCN(CC(=O)NCC(F)(F)F)CC2)n1. The van der Waals surface area contributed by atoms with Crippen LogP contribution >= 0.6 is 11.3 Å². The lowest BCUT2D eigenvalue weighted by molar-refractivity contribution is -0.139. The Hall–Kier alpha value is -1.35. The van der Waals surface area contributed by atoms with Gasteiger partial charge >= 0.3 is 6.18 Å². The average Bonchev–Trinajstić information content (AvgIpc) is 2.83. The number of thiazole rings is 1. The van der Waals surface area contributed by atoms with Crippen LogP contribution < -0.4 is 10.2 Å². The normalized spacial score (nSPS) is 17.0. The Morgan fingerprint density at radius 1 is 1.38 bits per heavy atom. The van der Waals surface area contributed by atoms with Crippen molar-refractivity contribution >= 4 is 22.4 Å². The van der Waals surface area contributed by atoms with Crippen LogP contribution in [0.2, 0.25) is 0 Å². The first-order valence-corrected chi connectivity index (χ1v) is 7.44. The Bertz CT molecular complexity index is 483. The third kappa shape index (κ3) is 5.16. The van der Waals surface area contributed by atoms with Gasteiger partial charge in [-0.15, -0.1) is 11.3 Å². The smallest absolute Gasteiger partial charge is 0.346 e. The minimum atomic E-state index is -4.36. The number of aromatic nitrogens is 1. The van der Waals surface area contributed by atoms with E-state index in [1.165, 1.54) is 0 Å². The van der Waals surface area contributed by atoms with Crippen molar-refractivity contribution in [2.24, 2.45) is 0 Å². The molecule has 0 aliphatic carbocycles. The number of piperazine rings is 1. The predicted octanol–water partition coefficient (Wildman–Crippen LogP) is 1.25. The molecule has 0 unspecified atom stereocenters. The molecule has 0 aromatic carbocycles. The number of carbonyl (C=O) groups is 1. The van der Waals surface area contributed by atoms with Crippen molar-refractivity contribution in [2.45, 2.75) is 13.1 Å². The molecule has 0 atom stereocenters. The molecule has 5 nitrogen and oxygen atoms in total. The second kappa shape index (κ2) is 6.61. The van der Waals surface area contributed by atoms with Crippen LogP contribution in [0.25, 0.3) is 0 Å². The Kier molecular flexibility index (Phi) is 5.04. The molecule has 0 saturated carbocycles. The van der Waals surface area contributed by atoms with Gasteiger partial charge in [-0.05, 0) is 6.92 Å². The molecule has 1 saturated heterocycles. The quantitative estimate of drug-likeness (QED) is 0.906. The van der Waals surface area contributed by atoms with Crippen molar-refractivity contribution in [1.29, 1.82) is 0 Å². The van der Waals surface area contributed by atoms with Crippen LogP contribution in [0.5, 0.6) is 0 Å². The van der Waals surface area contributed by atoms with Crippen molar-refractivity contribution in [2.75, 3.05) is 44.2 Å². The number of nitrogens with one attached hydrogen (secondary N) is 1. The van der Waals surface area contributed by atoms with Crippen LogP contribution in [0, 0.1) is 6.92 Å². The maximum atomic E-state index is 12.0. The summed E-state index contributed by atoms with van der Waals surface area (Å²) in [7, 11) is 0. The average molecular weight is 322 g/mol. The van der Waals surface area contributed by atoms with Crippen LogP contribution in [-0.4, -0.2) is 61.2 Å². The van der Waals surface area contributed by atoms with Crippen molar-refractivity contribution < 1.29 is 18.0 Å². The first kappa shape index (κ1) is 16.0. The summed E-state index contributed by atoms with van der Waals surface area (Å²) in [6.07, 6.45) is -4.36. The number of hydrogen-bond donors (Lipinski definition) is 1. The number of rotatable bonds is 4. The fourth-order valence-electron chi connectivity index (χ4n) is 2.04. The summed E-state index contributed by atoms with van der Waals surface area (Å²) in [6, 6.07) is 0. The van der Waals surface area contributed by atoms with Crippen LogP contribution in [0.4, 0.5) is 18.3 Å². The van der Waals surface area contributed by atoms with Gasteiger partial charge in [0.2, 0.25) is 5.91 Å². The van der Waals surface area contributed by atoms with Crippen LogP contribution in [0.3, 0.4) is 0 Å². The molecule has 9 heteroatoms. The molecule has 118 valence electrons. The second-order valence-corrected chi connectivity index (χ2v) is 5.76.